The fourth-order valence-corrected chi connectivity index (χ4v) is 3.19. The van der Waals surface area contributed by atoms with Crippen molar-refractivity contribution in [2.24, 2.45) is 0 Å². The minimum Gasteiger partial charge on any atom is -0.369 e. The maximum atomic E-state index is 12.5. The third-order valence-corrected chi connectivity index (χ3v) is 4.44. The van der Waals surface area contributed by atoms with Gasteiger partial charge in [-0.3, -0.25) is 0 Å². The highest BCUT2D eigenvalue weighted by Gasteiger charge is 2.23. The first-order chi connectivity index (χ1) is 10.0. The van der Waals surface area contributed by atoms with Crippen molar-refractivity contribution in [2.45, 2.75) is 31.2 Å². The average molecular weight is 309 g/mol. The lowest BCUT2D eigenvalue weighted by molar-refractivity contribution is 0.561. The lowest BCUT2D eigenvalue weighted by atomic mass is 10.3. The van der Waals surface area contributed by atoms with Crippen LogP contribution in [0.15, 0.2) is 35.6 Å². The van der Waals surface area contributed by atoms with Gasteiger partial charge >= 0.3 is 0 Å². The van der Waals surface area contributed by atoms with Crippen LogP contribution in [0.25, 0.3) is 0 Å². The zero-order chi connectivity index (χ0) is 15.3. The average Bonchev–Trinajstić information content (AvgIpc) is 2.99. The van der Waals surface area contributed by atoms with Crippen LogP contribution >= 0.6 is 0 Å². The lowest BCUT2D eigenvalue weighted by Crippen LogP contribution is -2.28. The Morgan fingerprint density at radius 1 is 1.33 bits per heavy atom. The SMILES string of the molecule is CCCNc1ncccc1S(=O)(=O)NC(C)c1ncc[nH]1. The van der Waals surface area contributed by atoms with Crippen molar-refractivity contribution in [1.82, 2.24) is 19.7 Å². The van der Waals surface area contributed by atoms with Gasteiger partial charge in [-0.2, -0.15) is 0 Å². The number of nitrogens with zero attached hydrogens (tertiary/aromatic N) is 2. The number of hydrogen-bond acceptors (Lipinski definition) is 5. The second-order valence-corrected chi connectivity index (χ2v) is 6.28. The van der Waals surface area contributed by atoms with E-state index < -0.39 is 16.1 Å². The quantitative estimate of drug-likeness (QED) is 0.722. The van der Waals surface area contributed by atoms with E-state index in [0.717, 1.165) is 6.42 Å². The second-order valence-electron chi connectivity index (χ2n) is 4.59. The lowest BCUT2D eigenvalue weighted by Gasteiger charge is -2.14. The van der Waals surface area contributed by atoms with E-state index in [2.05, 4.69) is 25.0 Å². The van der Waals surface area contributed by atoms with Gasteiger partial charge in [-0.15, -0.1) is 0 Å². The van der Waals surface area contributed by atoms with Gasteiger partial charge in [0, 0.05) is 25.1 Å². The number of sulfonamides is 1. The van der Waals surface area contributed by atoms with Gasteiger partial charge in [-0.25, -0.2) is 23.1 Å². The zero-order valence-corrected chi connectivity index (χ0v) is 12.8. The van der Waals surface area contributed by atoms with Gasteiger partial charge in [0.15, 0.2) is 0 Å². The summed E-state index contributed by atoms with van der Waals surface area (Å²) in [4.78, 5) is 11.2. The summed E-state index contributed by atoms with van der Waals surface area (Å²) in [6, 6.07) is 2.68. The van der Waals surface area contributed by atoms with E-state index >= 15 is 0 Å². The largest absolute Gasteiger partial charge is 0.369 e. The summed E-state index contributed by atoms with van der Waals surface area (Å²) in [6.07, 6.45) is 5.68. The first kappa shape index (κ1) is 15.5. The Bertz CT molecular complexity index is 670. The van der Waals surface area contributed by atoms with Crippen LogP contribution in [0.3, 0.4) is 0 Å². The van der Waals surface area contributed by atoms with Crippen LogP contribution in [0.4, 0.5) is 5.82 Å². The molecule has 0 aliphatic heterocycles. The van der Waals surface area contributed by atoms with Crippen LogP contribution < -0.4 is 10.0 Å². The molecule has 0 amide bonds. The monoisotopic (exact) mass is 309 g/mol. The molecule has 7 nitrogen and oxygen atoms in total. The van der Waals surface area contributed by atoms with Crippen LogP contribution in [0.5, 0.6) is 0 Å². The molecule has 0 radical (unpaired) electrons. The van der Waals surface area contributed by atoms with E-state index in [1.807, 2.05) is 6.92 Å². The Kier molecular flexibility index (Phi) is 4.92. The Balaban J connectivity index is 2.23. The summed E-state index contributed by atoms with van der Waals surface area (Å²) < 4.78 is 27.6. The number of hydrogen-bond donors (Lipinski definition) is 3. The van der Waals surface area contributed by atoms with E-state index in [0.29, 0.717) is 18.2 Å². The van der Waals surface area contributed by atoms with Crippen LogP contribution in [-0.2, 0) is 10.0 Å². The zero-order valence-electron chi connectivity index (χ0n) is 12.0. The molecule has 0 saturated carbocycles. The van der Waals surface area contributed by atoms with Gasteiger partial charge in [-0.05, 0) is 25.5 Å². The third-order valence-electron chi connectivity index (χ3n) is 2.86. The molecule has 1 unspecified atom stereocenters. The van der Waals surface area contributed by atoms with Crippen molar-refractivity contribution in [3.63, 3.8) is 0 Å². The Labute approximate surface area is 124 Å². The fraction of sp³-hybridized carbons (Fsp3) is 0.385. The van der Waals surface area contributed by atoms with Crippen molar-refractivity contribution in [2.75, 3.05) is 11.9 Å². The summed E-state index contributed by atoms with van der Waals surface area (Å²) >= 11 is 0. The molecule has 21 heavy (non-hydrogen) atoms. The van der Waals surface area contributed by atoms with E-state index in [9.17, 15) is 8.42 Å². The molecular weight excluding hydrogens is 290 g/mol. The molecule has 3 N–H and O–H groups in total. The second kappa shape index (κ2) is 6.68. The smallest absolute Gasteiger partial charge is 0.244 e. The minimum absolute atomic E-state index is 0.136. The molecule has 0 aromatic carbocycles. The number of pyridine rings is 1. The molecule has 8 heteroatoms. The van der Waals surface area contributed by atoms with Crippen LogP contribution in [-0.4, -0.2) is 29.9 Å². The van der Waals surface area contributed by atoms with Crippen molar-refractivity contribution < 1.29 is 8.42 Å². The van der Waals surface area contributed by atoms with Gasteiger partial charge in [-0.1, -0.05) is 6.92 Å². The standard InChI is InChI=1S/C13H19N5O2S/c1-3-6-14-13-11(5-4-7-15-13)21(19,20)18-10(2)12-16-8-9-17-12/h4-5,7-10,18H,3,6H2,1-2H3,(H,14,15)(H,16,17). The van der Waals surface area contributed by atoms with Crippen LogP contribution in [0.1, 0.15) is 32.1 Å². The Morgan fingerprint density at radius 3 is 2.81 bits per heavy atom. The molecule has 0 aliphatic rings. The highest BCUT2D eigenvalue weighted by molar-refractivity contribution is 7.89. The highest BCUT2D eigenvalue weighted by Crippen LogP contribution is 2.20. The summed E-state index contributed by atoms with van der Waals surface area (Å²) in [6.45, 7) is 4.39. The first-order valence-electron chi connectivity index (χ1n) is 6.75. The van der Waals surface area contributed by atoms with E-state index in [1.54, 1.807) is 31.6 Å². The molecule has 0 fully saturated rings. The number of imidazole rings is 1. The highest BCUT2D eigenvalue weighted by atomic mass is 32.2. The summed E-state index contributed by atoms with van der Waals surface area (Å²) in [5.41, 5.74) is 0. The van der Waals surface area contributed by atoms with Gasteiger partial charge in [0.25, 0.3) is 0 Å². The van der Waals surface area contributed by atoms with E-state index in [4.69, 9.17) is 0 Å². The van der Waals surface area contributed by atoms with Crippen molar-refractivity contribution >= 4 is 15.8 Å². The van der Waals surface area contributed by atoms with Crippen molar-refractivity contribution in [3.05, 3.63) is 36.5 Å². The van der Waals surface area contributed by atoms with Gasteiger partial charge in [0.2, 0.25) is 10.0 Å². The molecule has 2 aromatic heterocycles. The minimum atomic E-state index is -3.68. The van der Waals surface area contributed by atoms with Crippen molar-refractivity contribution in [1.29, 1.82) is 0 Å². The Hall–Kier alpha value is -1.93. The van der Waals surface area contributed by atoms with Gasteiger partial charge in [0.05, 0.1) is 6.04 Å². The van der Waals surface area contributed by atoms with Crippen LogP contribution in [0.2, 0.25) is 0 Å². The molecule has 0 spiro atoms. The molecule has 2 rings (SSSR count). The summed E-state index contributed by atoms with van der Waals surface area (Å²) in [5.74, 6) is 0.920. The summed E-state index contributed by atoms with van der Waals surface area (Å²) in [7, 11) is -3.68. The normalized spacial score (nSPS) is 13.0. The maximum absolute atomic E-state index is 12.5. The molecule has 0 bridgehead atoms. The molecule has 2 aromatic rings. The third kappa shape index (κ3) is 3.79. The number of anilines is 1. The topological polar surface area (TPSA) is 99.8 Å². The van der Waals surface area contributed by atoms with Crippen molar-refractivity contribution in [3.8, 4) is 0 Å². The number of nitrogens with one attached hydrogen (secondary N) is 3. The number of aromatic nitrogens is 3. The maximum Gasteiger partial charge on any atom is 0.244 e. The molecule has 2 heterocycles. The number of H-pyrrole nitrogens is 1. The van der Waals surface area contributed by atoms with Gasteiger partial charge < -0.3 is 10.3 Å². The molecular formula is C13H19N5O2S. The predicted octanol–water partition coefficient (Wildman–Crippen LogP) is 1.67. The van der Waals surface area contributed by atoms with Crippen LogP contribution in [0, 0.1) is 0 Å². The Morgan fingerprint density at radius 2 is 2.14 bits per heavy atom. The van der Waals surface area contributed by atoms with E-state index in [-0.39, 0.29) is 4.90 Å². The van der Waals surface area contributed by atoms with Gasteiger partial charge in [0.1, 0.15) is 16.5 Å². The fourth-order valence-electron chi connectivity index (χ4n) is 1.85. The molecule has 0 saturated heterocycles. The molecule has 114 valence electrons. The number of aromatic amines is 1. The first-order valence-corrected chi connectivity index (χ1v) is 8.23. The molecule has 1 atom stereocenters. The number of rotatable bonds is 7. The molecule has 0 aliphatic carbocycles. The summed E-state index contributed by atoms with van der Waals surface area (Å²) in [5, 5.41) is 3.02. The predicted molar refractivity (Wildman–Crippen MR) is 80.3 cm³/mol. The van der Waals surface area contributed by atoms with E-state index in [1.165, 1.54) is 6.07 Å².